The minimum atomic E-state index is 0.729. The van der Waals surface area contributed by atoms with Crippen LogP contribution in [0, 0.1) is 20.8 Å². The van der Waals surface area contributed by atoms with E-state index in [4.69, 9.17) is 4.98 Å². The number of hydrogen-bond acceptors (Lipinski definition) is 3. The van der Waals surface area contributed by atoms with Gasteiger partial charge in [-0.3, -0.25) is 0 Å². The largest absolute Gasteiger partial charge is 0.310 e. The molecule has 1 saturated carbocycles. The molecule has 3 rings (SSSR count). The lowest BCUT2D eigenvalue weighted by Crippen LogP contribution is -2.16. The third-order valence-electron chi connectivity index (χ3n) is 4.35. The molecule has 4 heteroatoms. The van der Waals surface area contributed by atoms with Crippen LogP contribution in [-0.4, -0.2) is 20.8 Å². The van der Waals surface area contributed by atoms with Crippen molar-refractivity contribution in [3.63, 3.8) is 0 Å². The summed E-state index contributed by atoms with van der Waals surface area (Å²) in [5.41, 5.74) is 6.00. The van der Waals surface area contributed by atoms with E-state index in [9.17, 15) is 0 Å². The number of rotatable bonds is 5. The Kier molecular flexibility index (Phi) is 3.81. The molecule has 4 nitrogen and oxygen atoms in total. The summed E-state index contributed by atoms with van der Waals surface area (Å²) in [4.78, 5) is 4.75. The highest BCUT2D eigenvalue weighted by Gasteiger charge is 2.20. The Morgan fingerprint density at radius 1 is 1.19 bits per heavy atom. The van der Waals surface area contributed by atoms with Gasteiger partial charge in [0.1, 0.15) is 0 Å². The summed E-state index contributed by atoms with van der Waals surface area (Å²) in [7, 11) is 0. The molecule has 2 aromatic rings. The van der Waals surface area contributed by atoms with Gasteiger partial charge in [-0.25, -0.2) is 9.67 Å². The van der Waals surface area contributed by atoms with Crippen molar-refractivity contribution in [1.29, 1.82) is 0 Å². The fraction of sp³-hybridized carbons (Fsp3) is 0.529. The second-order valence-corrected chi connectivity index (χ2v) is 5.98. The van der Waals surface area contributed by atoms with Crippen molar-refractivity contribution in [2.75, 3.05) is 0 Å². The van der Waals surface area contributed by atoms with Crippen molar-refractivity contribution in [3.8, 4) is 5.82 Å². The van der Waals surface area contributed by atoms with Crippen molar-refractivity contribution in [2.45, 2.75) is 59.5 Å². The topological polar surface area (TPSA) is 42.7 Å². The molecule has 0 aliphatic heterocycles. The first-order chi connectivity index (χ1) is 10.1. The molecular formula is C17H24N4. The SMILES string of the molecule is CCc1c(C)nn(-c2ccc(CNC3CC3)c(C)n2)c1C. The van der Waals surface area contributed by atoms with Crippen LogP contribution in [0.15, 0.2) is 12.1 Å². The maximum Gasteiger partial charge on any atom is 0.153 e. The van der Waals surface area contributed by atoms with E-state index in [0.717, 1.165) is 36.2 Å². The third-order valence-corrected chi connectivity index (χ3v) is 4.35. The third kappa shape index (κ3) is 2.86. The maximum absolute atomic E-state index is 4.75. The van der Waals surface area contributed by atoms with Gasteiger partial charge in [-0.2, -0.15) is 5.10 Å². The predicted octanol–water partition coefficient (Wildman–Crippen LogP) is 3.01. The quantitative estimate of drug-likeness (QED) is 0.918. The molecule has 2 heterocycles. The maximum atomic E-state index is 4.75. The van der Waals surface area contributed by atoms with Crippen molar-refractivity contribution in [1.82, 2.24) is 20.1 Å². The van der Waals surface area contributed by atoms with Crippen LogP contribution in [0.1, 0.15) is 48.0 Å². The summed E-state index contributed by atoms with van der Waals surface area (Å²) < 4.78 is 1.97. The highest BCUT2D eigenvalue weighted by molar-refractivity contribution is 5.35. The van der Waals surface area contributed by atoms with Crippen LogP contribution >= 0.6 is 0 Å². The van der Waals surface area contributed by atoms with Gasteiger partial charge in [0.15, 0.2) is 5.82 Å². The second-order valence-electron chi connectivity index (χ2n) is 5.98. The molecule has 1 fully saturated rings. The molecule has 1 N–H and O–H groups in total. The number of nitrogens with one attached hydrogen (secondary N) is 1. The van der Waals surface area contributed by atoms with E-state index in [2.05, 4.69) is 50.2 Å². The summed E-state index contributed by atoms with van der Waals surface area (Å²) in [5.74, 6) is 0.919. The van der Waals surface area contributed by atoms with Gasteiger partial charge < -0.3 is 5.32 Å². The number of aryl methyl sites for hydroxylation is 2. The zero-order valence-electron chi connectivity index (χ0n) is 13.4. The van der Waals surface area contributed by atoms with Crippen LogP contribution in [0.25, 0.3) is 5.82 Å². The molecule has 1 aliphatic carbocycles. The molecule has 0 atom stereocenters. The number of nitrogens with zero attached hydrogens (tertiary/aromatic N) is 3. The van der Waals surface area contributed by atoms with E-state index in [0.29, 0.717) is 0 Å². The smallest absolute Gasteiger partial charge is 0.153 e. The van der Waals surface area contributed by atoms with Crippen molar-refractivity contribution >= 4 is 0 Å². The average Bonchev–Trinajstić information content (AvgIpc) is 3.23. The number of pyridine rings is 1. The normalized spacial score (nSPS) is 14.7. The molecule has 0 bridgehead atoms. The van der Waals surface area contributed by atoms with E-state index in [-0.39, 0.29) is 0 Å². The Labute approximate surface area is 126 Å². The van der Waals surface area contributed by atoms with Gasteiger partial charge in [0, 0.05) is 24.0 Å². The van der Waals surface area contributed by atoms with Crippen LogP contribution in [0.2, 0.25) is 0 Å². The zero-order chi connectivity index (χ0) is 15.0. The van der Waals surface area contributed by atoms with Crippen molar-refractivity contribution in [2.24, 2.45) is 0 Å². The van der Waals surface area contributed by atoms with E-state index < -0.39 is 0 Å². The Morgan fingerprint density at radius 2 is 1.95 bits per heavy atom. The molecule has 2 aromatic heterocycles. The lowest BCUT2D eigenvalue weighted by molar-refractivity contribution is 0.680. The van der Waals surface area contributed by atoms with Gasteiger partial charge in [-0.05, 0) is 57.2 Å². The summed E-state index contributed by atoms with van der Waals surface area (Å²) >= 11 is 0. The molecular weight excluding hydrogens is 260 g/mol. The first kappa shape index (κ1) is 14.3. The van der Waals surface area contributed by atoms with Gasteiger partial charge in [0.05, 0.1) is 5.69 Å². The number of aromatic nitrogens is 3. The van der Waals surface area contributed by atoms with E-state index in [1.807, 2.05) is 4.68 Å². The van der Waals surface area contributed by atoms with Crippen LogP contribution < -0.4 is 5.32 Å². The Hall–Kier alpha value is -1.68. The second kappa shape index (κ2) is 5.60. The van der Waals surface area contributed by atoms with Crippen LogP contribution in [-0.2, 0) is 13.0 Å². The minimum Gasteiger partial charge on any atom is -0.310 e. The number of hydrogen-bond donors (Lipinski definition) is 1. The highest BCUT2D eigenvalue weighted by Crippen LogP contribution is 2.21. The van der Waals surface area contributed by atoms with Gasteiger partial charge >= 0.3 is 0 Å². The lowest BCUT2D eigenvalue weighted by atomic mass is 10.1. The Balaban J connectivity index is 1.87. The van der Waals surface area contributed by atoms with Gasteiger partial charge in [0.25, 0.3) is 0 Å². The Bertz CT molecular complexity index is 653. The van der Waals surface area contributed by atoms with Crippen LogP contribution in [0.5, 0.6) is 0 Å². The van der Waals surface area contributed by atoms with Gasteiger partial charge in [-0.1, -0.05) is 13.0 Å². The molecule has 0 radical (unpaired) electrons. The molecule has 0 saturated heterocycles. The lowest BCUT2D eigenvalue weighted by Gasteiger charge is -2.10. The fourth-order valence-corrected chi connectivity index (χ4v) is 2.83. The summed E-state index contributed by atoms with van der Waals surface area (Å²) in [6.45, 7) is 9.37. The first-order valence-corrected chi connectivity index (χ1v) is 7.85. The first-order valence-electron chi connectivity index (χ1n) is 7.85. The molecule has 1 aliphatic rings. The summed E-state index contributed by atoms with van der Waals surface area (Å²) in [5, 5.41) is 8.19. The minimum absolute atomic E-state index is 0.729. The van der Waals surface area contributed by atoms with E-state index in [1.54, 1.807) is 0 Å². The zero-order valence-corrected chi connectivity index (χ0v) is 13.4. The molecule has 112 valence electrons. The molecule has 21 heavy (non-hydrogen) atoms. The van der Waals surface area contributed by atoms with Crippen molar-refractivity contribution in [3.05, 3.63) is 40.3 Å². The van der Waals surface area contributed by atoms with E-state index in [1.165, 1.54) is 29.7 Å². The fourth-order valence-electron chi connectivity index (χ4n) is 2.83. The predicted molar refractivity (Wildman–Crippen MR) is 84.8 cm³/mol. The average molecular weight is 284 g/mol. The molecule has 0 amide bonds. The molecule has 0 unspecified atom stereocenters. The van der Waals surface area contributed by atoms with Crippen molar-refractivity contribution < 1.29 is 0 Å². The summed E-state index contributed by atoms with van der Waals surface area (Å²) in [6.07, 6.45) is 3.65. The molecule has 0 aromatic carbocycles. The molecule has 0 spiro atoms. The summed E-state index contributed by atoms with van der Waals surface area (Å²) in [6, 6.07) is 4.98. The van der Waals surface area contributed by atoms with Gasteiger partial charge in [0.2, 0.25) is 0 Å². The van der Waals surface area contributed by atoms with Crippen LogP contribution in [0.3, 0.4) is 0 Å². The van der Waals surface area contributed by atoms with E-state index >= 15 is 0 Å². The van der Waals surface area contributed by atoms with Crippen LogP contribution in [0.4, 0.5) is 0 Å². The highest BCUT2D eigenvalue weighted by atomic mass is 15.3. The standard InChI is InChI=1S/C17H24N4/c1-5-16-12(3)20-21(13(16)4)17-9-6-14(11(2)19-17)10-18-15-7-8-15/h6,9,15,18H,5,7-8,10H2,1-4H3. The monoisotopic (exact) mass is 284 g/mol. The van der Waals surface area contributed by atoms with Gasteiger partial charge in [-0.15, -0.1) is 0 Å². The Morgan fingerprint density at radius 3 is 2.52 bits per heavy atom.